The molecule has 1 aromatic rings. The van der Waals surface area contributed by atoms with Crippen LogP contribution in [0.25, 0.3) is 0 Å². The van der Waals surface area contributed by atoms with Crippen molar-refractivity contribution in [2.75, 3.05) is 24.6 Å². The first kappa shape index (κ1) is 13.2. The highest BCUT2D eigenvalue weighted by molar-refractivity contribution is 8.00. The van der Waals surface area contributed by atoms with Crippen LogP contribution in [0.5, 0.6) is 0 Å². The average molecular weight is 269 g/mol. The molecule has 2 heterocycles. The minimum absolute atomic E-state index is 0.0817. The van der Waals surface area contributed by atoms with Gasteiger partial charge >= 0.3 is 0 Å². The molecule has 0 unspecified atom stereocenters. The molecule has 18 heavy (non-hydrogen) atoms. The highest BCUT2D eigenvalue weighted by Gasteiger charge is 2.25. The summed E-state index contributed by atoms with van der Waals surface area (Å²) in [7, 11) is 0. The van der Waals surface area contributed by atoms with Crippen LogP contribution < -0.4 is 5.73 Å². The first-order valence-electron chi connectivity index (χ1n) is 6.03. The van der Waals surface area contributed by atoms with Gasteiger partial charge in [-0.1, -0.05) is 13.8 Å². The molecule has 0 aromatic carbocycles. The van der Waals surface area contributed by atoms with Crippen LogP contribution in [-0.2, 0) is 11.3 Å². The second-order valence-electron chi connectivity index (χ2n) is 5.04. The molecular weight excluding hydrogens is 250 g/mol. The number of hydrogen-bond donors (Lipinski definition) is 1. The van der Waals surface area contributed by atoms with E-state index in [0.29, 0.717) is 0 Å². The SMILES string of the molecule is CC1(C)CCN(C(=O)Cn2cnc(N)n2)CCS1. The number of carbonyl (C=O) groups is 1. The van der Waals surface area contributed by atoms with E-state index in [4.69, 9.17) is 5.73 Å². The van der Waals surface area contributed by atoms with Crippen molar-refractivity contribution >= 4 is 23.6 Å². The Bertz CT molecular complexity index is 431. The van der Waals surface area contributed by atoms with Gasteiger partial charge in [-0.25, -0.2) is 9.67 Å². The summed E-state index contributed by atoms with van der Waals surface area (Å²) in [5, 5.41) is 3.93. The number of nitrogen functional groups attached to an aromatic ring is 1. The molecule has 0 radical (unpaired) electrons. The molecule has 0 aliphatic carbocycles. The number of nitrogens with zero attached hydrogens (tertiary/aromatic N) is 4. The molecule has 1 saturated heterocycles. The number of aromatic nitrogens is 3. The third-order valence-corrected chi connectivity index (χ3v) is 4.41. The maximum Gasteiger partial charge on any atom is 0.244 e. The molecule has 1 aliphatic rings. The predicted octanol–water partition coefficient (Wildman–Crippen LogP) is 0.604. The Labute approximate surface area is 111 Å². The molecule has 0 spiro atoms. The lowest BCUT2D eigenvalue weighted by molar-refractivity contribution is -0.131. The quantitative estimate of drug-likeness (QED) is 0.851. The van der Waals surface area contributed by atoms with Crippen LogP contribution in [0, 0.1) is 0 Å². The third kappa shape index (κ3) is 3.38. The van der Waals surface area contributed by atoms with Crippen molar-refractivity contribution in [1.29, 1.82) is 0 Å². The molecule has 0 saturated carbocycles. The summed E-state index contributed by atoms with van der Waals surface area (Å²) in [6, 6.07) is 0. The van der Waals surface area contributed by atoms with Crippen LogP contribution in [0.3, 0.4) is 0 Å². The Kier molecular flexibility index (Phi) is 3.79. The molecule has 1 fully saturated rings. The fraction of sp³-hybridized carbons (Fsp3) is 0.727. The van der Waals surface area contributed by atoms with Crippen molar-refractivity contribution in [3.8, 4) is 0 Å². The molecular formula is C11H19N5OS. The van der Waals surface area contributed by atoms with Crippen molar-refractivity contribution in [3.05, 3.63) is 6.33 Å². The summed E-state index contributed by atoms with van der Waals surface area (Å²) in [6.07, 6.45) is 2.51. The number of amides is 1. The zero-order valence-electron chi connectivity index (χ0n) is 10.8. The molecule has 2 rings (SSSR count). The van der Waals surface area contributed by atoms with Gasteiger partial charge in [-0.2, -0.15) is 11.8 Å². The number of carbonyl (C=O) groups excluding carboxylic acids is 1. The van der Waals surface area contributed by atoms with E-state index in [1.807, 2.05) is 16.7 Å². The van der Waals surface area contributed by atoms with Gasteiger partial charge in [0, 0.05) is 23.6 Å². The van der Waals surface area contributed by atoms with Gasteiger partial charge in [0.1, 0.15) is 12.9 Å². The maximum absolute atomic E-state index is 12.1. The Morgan fingerprint density at radius 1 is 1.56 bits per heavy atom. The molecule has 6 nitrogen and oxygen atoms in total. The van der Waals surface area contributed by atoms with Gasteiger partial charge in [0.15, 0.2) is 0 Å². The molecule has 7 heteroatoms. The van der Waals surface area contributed by atoms with E-state index in [1.54, 1.807) is 0 Å². The lowest BCUT2D eigenvalue weighted by atomic mass is 10.1. The van der Waals surface area contributed by atoms with Gasteiger partial charge in [-0.05, 0) is 6.42 Å². The molecule has 2 N–H and O–H groups in total. The minimum atomic E-state index is 0.0817. The Morgan fingerprint density at radius 3 is 3.00 bits per heavy atom. The second-order valence-corrected chi connectivity index (χ2v) is 6.84. The van der Waals surface area contributed by atoms with Crippen molar-refractivity contribution in [2.24, 2.45) is 0 Å². The average Bonchev–Trinajstić information content (AvgIpc) is 2.58. The Balaban J connectivity index is 1.93. The van der Waals surface area contributed by atoms with Crippen LogP contribution in [0.2, 0.25) is 0 Å². The van der Waals surface area contributed by atoms with E-state index < -0.39 is 0 Å². The summed E-state index contributed by atoms with van der Waals surface area (Å²) >= 11 is 1.92. The molecule has 1 aliphatic heterocycles. The maximum atomic E-state index is 12.1. The fourth-order valence-corrected chi connectivity index (χ4v) is 2.99. The molecule has 1 aromatic heterocycles. The first-order chi connectivity index (χ1) is 8.46. The number of rotatable bonds is 2. The van der Waals surface area contributed by atoms with Crippen LogP contribution >= 0.6 is 11.8 Å². The summed E-state index contributed by atoms with van der Waals surface area (Å²) in [5.41, 5.74) is 5.42. The lowest BCUT2D eigenvalue weighted by Gasteiger charge is -2.22. The van der Waals surface area contributed by atoms with Gasteiger partial charge in [0.2, 0.25) is 11.9 Å². The lowest BCUT2D eigenvalue weighted by Crippen LogP contribution is -2.36. The second kappa shape index (κ2) is 5.17. The third-order valence-electron chi connectivity index (χ3n) is 3.04. The normalized spacial score (nSPS) is 19.6. The molecule has 0 atom stereocenters. The molecule has 100 valence electrons. The van der Waals surface area contributed by atoms with Gasteiger partial charge in [-0.15, -0.1) is 5.10 Å². The Hall–Kier alpha value is -1.24. The van der Waals surface area contributed by atoms with E-state index in [2.05, 4.69) is 23.9 Å². The van der Waals surface area contributed by atoms with E-state index in [9.17, 15) is 4.79 Å². The summed E-state index contributed by atoms with van der Waals surface area (Å²) in [6.45, 7) is 6.28. The van der Waals surface area contributed by atoms with Crippen LogP contribution in [0.15, 0.2) is 6.33 Å². The van der Waals surface area contributed by atoms with Crippen molar-refractivity contribution in [2.45, 2.75) is 31.6 Å². The number of anilines is 1. The zero-order chi connectivity index (χ0) is 13.2. The van der Waals surface area contributed by atoms with E-state index >= 15 is 0 Å². The fourth-order valence-electron chi connectivity index (χ4n) is 1.89. The monoisotopic (exact) mass is 269 g/mol. The minimum Gasteiger partial charge on any atom is -0.367 e. The van der Waals surface area contributed by atoms with E-state index in [0.717, 1.165) is 25.3 Å². The first-order valence-corrected chi connectivity index (χ1v) is 7.01. The van der Waals surface area contributed by atoms with E-state index in [-0.39, 0.29) is 23.1 Å². The molecule has 0 bridgehead atoms. The largest absolute Gasteiger partial charge is 0.367 e. The van der Waals surface area contributed by atoms with E-state index in [1.165, 1.54) is 11.0 Å². The Morgan fingerprint density at radius 2 is 2.33 bits per heavy atom. The highest BCUT2D eigenvalue weighted by Crippen LogP contribution is 2.30. The highest BCUT2D eigenvalue weighted by atomic mass is 32.2. The van der Waals surface area contributed by atoms with Crippen molar-refractivity contribution in [1.82, 2.24) is 19.7 Å². The van der Waals surface area contributed by atoms with Gasteiger partial charge < -0.3 is 10.6 Å². The zero-order valence-corrected chi connectivity index (χ0v) is 11.6. The number of thioether (sulfide) groups is 1. The van der Waals surface area contributed by atoms with Crippen LogP contribution in [-0.4, -0.2) is 49.2 Å². The number of nitrogens with two attached hydrogens (primary N) is 1. The molecule has 1 amide bonds. The summed E-state index contributed by atoms with van der Waals surface area (Å²) in [4.78, 5) is 17.8. The number of hydrogen-bond acceptors (Lipinski definition) is 5. The van der Waals surface area contributed by atoms with Crippen molar-refractivity contribution < 1.29 is 4.79 Å². The summed E-state index contributed by atoms with van der Waals surface area (Å²) in [5.74, 6) is 1.27. The standard InChI is InChI=1S/C11H19N5OS/c1-11(2)3-4-15(5-6-18-11)9(17)7-16-8-13-10(12)14-16/h8H,3-7H2,1-2H3,(H2,12,14). The van der Waals surface area contributed by atoms with Gasteiger partial charge in [-0.3, -0.25) is 4.79 Å². The summed E-state index contributed by atoms with van der Waals surface area (Å²) < 4.78 is 1.74. The van der Waals surface area contributed by atoms with Gasteiger partial charge in [0.05, 0.1) is 0 Å². The van der Waals surface area contributed by atoms with Gasteiger partial charge in [0.25, 0.3) is 0 Å². The predicted molar refractivity (Wildman–Crippen MR) is 72.2 cm³/mol. The van der Waals surface area contributed by atoms with Crippen molar-refractivity contribution in [3.63, 3.8) is 0 Å². The smallest absolute Gasteiger partial charge is 0.244 e. The van der Waals surface area contributed by atoms with Crippen LogP contribution in [0.4, 0.5) is 5.95 Å². The van der Waals surface area contributed by atoms with Crippen LogP contribution in [0.1, 0.15) is 20.3 Å². The topological polar surface area (TPSA) is 77.0 Å².